The molecule has 2 unspecified atom stereocenters. The van der Waals surface area contributed by atoms with Gasteiger partial charge in [0.25, 0.3) is 0 Å². The lowest BCUT2D eigenvalue weighted by Crippen LogP contribution is -2.20. The van der Waals surface area contributed by atoms with Crippen molar-refractivity contribution < 1.29 is 9.00 Å². The van der Waals surface area contributed by atoms with Crippen molar-refractivity contribution in [3.05, 3.63) is 35.4 Å². The Morgan fingerprint density at radius 1 is 1.38 bits per heavy atom. The minimum absolute atomic E-state index is 0.0384. The molecule has 0 saturated carbocycles. The van der Waals surface area contributed by atoms with Crippen LogP contribution in [0.1, 0.15) is 15.9 Å². The molecule has 0 N–H and O–H groups in total. The number of carbonyl (C=O) groups is 1. The van der Waals surface area contributed by atoms with Crippen LogP contribution < -0.4 is 0 Å². The maximum Gasteiger partial charge on any atom is 0.179 e. The number of hydrogen-bond donors (Lipinski definition) is 0. The number of fused-ring (bicyclic) bond motifs is 1. The number of ketones is 1. The van der Waals surface area contributed by atoms with Gasteiger partial charge in [-0.1, -0.05) is 24.3 Å². The minimum atomic E-state index is -1.05. The standard InChI is InChI=1S/C10H10O2S/c1-13(12)9-6-7-4-2-3-5-8(7)10(9)11/h2-5,9H,6H2,1H3. The van der Waals surface area contributed by atoms with Crippen LogP contribution in [0.25, 0.3) is 0 Å². The molecule has 0 fully saturated rings. The summed E-state index contributed by atoms with van der Waals surface area (Å²) in [6.45, 7) is 0. The zero-order valence-corrected chi connectivity index (χ0v) is 8.14. The van der Waals surface area contributed by atoms with Gasteiger partial charge in [-0.2, -0.15) is 0 Å². The molecule has 0 radical (unpaired) electrons. The Hall–Kier alpha value is -0.960. The summed E-state index contributed by atoms with van der Waals surface area (Å²) in [5, 5.41) is -0.308. The number of carbonyl (C=O) groups excluding carboxylic acids is 1. The van der Waals surface area contributed by atoms with Crippen LogP contribution in [-0.4, -0.2) is 21.5 Å². The van der Waals surface area contributed by atoms with Gasteiger partial charge in [-0.25, -0.2) is 0 Å². The van der Waals surface area contributed by atoms with E-state index in [1.165, 1.54) is 0 Å². The second-order valence-electron chi connectivity index (χ2n) is 3.21. The fourth-order valence-electron chi connectivity index (χ4n) is 1.67. The zero-order chi connectivity index (χ0) is 9.42. The van der Waals surface area contributed by atoms with Gasteiger partial charge >= 0.3 is 0 Å². The molecule has 0 aromatic heterocycles. The third kappa shape index (κ3) is 1.33. The van der Waals surface area contributed by atoms with Crippen molar-refractivity contribution in [2.75, 3.05) is 6.26 Å². The van der Waals surface area contributed by atoms with Gasteiger partial charge in [0, 0.05) is 22.6 Å². The molecular formula is C10H10O2S. The van der Waals surface area contributed by atoms with Crippen LogP contribution >= 0.6 is 0 Å². The lowest BCUT2D eigenvalue weighted by Gasteiger charge is -2.00. The highest BCUT2D eigenvalue weighted by Crippen LogP contribution is 2.24. The lowest BCUT2D eigenvalue weighted by molar-refractivity contribution is 0.0999. The molecular weight excluding hydrogens is 184 g/mol. The SMILES string of the molecule is CS(=O)C1Cc2ccccc2C1=O. The van der Waals surface area contributed by atoms with Crippen molar-refractivity contribution in [3.63, 3.8) is 0 Å². The van der Waals surface area contributed by atoms with Crippen molar-refractivity contribution in [1.29, 1.82) is 0 Å². The summed E-state index contributed by atoms with van der Waals surface area (Å²) in [6.07, 6.45) is 2.23. The van der Waals surface area contributed by atoms with E-state index in [0.29, 0.717) is 6.42 Å². The fourth-order valence-corrected chi connectivity index (χ4v) is 2.52. The third-order valence-electron chi connectivity index (χ3n) is 2.38. The Kier molecular flexibility index (Phi) is 2.04. The van der Waals surface area contributed by atoms with Crippen LogP contribution in [0.15, 0.2) is 24.3 Å². The van der Waals surface area contributed by atoms with Crippen molar-refractivity contribution in [1.82, 2.24) is 0 Å². The molecule has 2 nitrogen and oxygen atoms in total. The molecule has 0 spiro atoms. The monoisotopic (exact) mass is 194 g/mol. The molecule has 0 bridgehead atoms. The average molecular weight is 194 g/mol. The first-order chi connectivity index (χ1) is 6.20. The summed E-state index contributed by atoms with van der Waals surface area (Å²) < 4.78 is 11.2. The van der Waals surface area contributed by atoms with E-state index in [2.05, 4.69) is 0 Å². The van der Waals surface area contributed by atoms with E-state index in [-0.39, 0.29) is 11.0 Å². The van der Waals surface area contributed by atoms with Crippen LogP contribution in [0, 0.1) is 0 Å². The average Bonchev–Trinajstić information content (AvgIpc) is 2.45. The molecule has 0 heterocycles. The van der Waals surface area contributed by atoms with Gasteiger partial charge in [-0.3, -0.25) is 9.00 Å². The Morgan fingerprint density at radius 3 is 2.69 bits per heavy atom. The van der Waals surface area contributed by atoms with Crippen molar-refractivity contribution >= 4 is 16.6 Å². The molecule has 1 aliphatic carbocycles. The van der Waals surface area contributed by atoms with Crippen LogP contribution in [0.4, 0.5) is 0 Å². The molecule has 2 atom stereocenters. The summed E-state index contributed by atoms with van der Waals surface area (Å²) in [5.74, 6) is 0.0384. The molecule has 0 amide bonds. The molecule has 0 aliphatic heterocycles. The Balaban J connectivity index is 2.44. The number of hydrogen-bond acceptors (Lipinski definition) is 2. The molecule has 1 aromatic carbocycles. The Labute approximate surface area is 79.4 Å². The van der Waals surface area contributed by atoms with Crippen LogP contribution in [0.2, 0.25) is 0 Å². The van der Waals surface area contributed by atoms with E-state index >= 15 is 0 Å². The first-order valence-electron chi connectivity index (χ1n) is 4.14. The number of Topliss-reactive ketones (excluding diaryl/α,β-unsaturated/α-hetero) is 1. The zero-order valence-electron chi connectivity index (χ0n) is 7.32. The van der Waals surface area contributed by atoms with Crippen LogP contribution in [0.3, 0.4) is 0 Å². The van der Waals surface area contributed by atoms with E-state index in [1.807, 2.05) is 24.3 Å². The quantitative estimate of drug-likeness (QED) is 0.672. The summed E-state index contributed by atoms with van der Waals surface area (Å²) in [4.78, 5) is 11.6. The second kappa shape index (κ2) is 3.07. The van der Waals surface area contributed by atoms with Gasteiger partial charge in [0.1, 0.15) is 5.25 Å². The van der Waals surface area contributed by atoms with Crippen LogP contribution in [0.5, 0.6) is 0 Å². The summed E-state index contributed by atoms with van der Waals surface area (Å²) in [5.41, 5.74) is 1.79. The third-order valence-corrected chi connectivity index (χ3v) is 3.56. The van der Waals surface area contributed by atoms with Gasteiger partial charge in [0.15, 0.2) is 5.78 Å². The number of benzene rings is 1. The Bertz CT molecular complexity index is 384. The lowest BCUT2D eigenvalue weighted by atomic mass is 10.1. The topological polar surface area (TPSA) is 34.1 Å². The molecule has 3 heteroatoms. The van der Waals surface area contributed by atoms with Crippen LogP contribution in [-0.2, 0) is 17.2 Å². The summed E-state index contributed by atoms with van der Waals surface area (Å²) >= 11 is 0. The Morgan fingerprint density at radius 2 is 2.08 bits per heavy atom. The smallest absolute Gasteiger partial charge is 0.179 e. The van der Waals surface area contributed by atoms with Crippen molar-refractivity contribution in [2.24, 2.45) is 0 Å². The molecule has 68 valence electrons. The predicted molar refractivity (Wildman–Crippen MR) is 52.3 cm³/mol. The van der Waals surface area contributed by atoms with Gasteiger partial charge in [0.2, 0.25) is 0 Å². The maximum atomic E-state index is 11.6. The minimum Gasteiger partial charge on any atom is -0.293 e. The van der Waals surface area contributed by atoms with Gasteiger partial charge in [0.05, 0.1) is 0 Å². The molecule has 1 aromatic rings. The van der Waals surface area contributed by atoms with Gasteiger partial charge in [-0.15, -0.1) is 0 Å². The second-order valence-corrected chi connectivity index (χ2v) is 4.78. The maximum absolute atomic E-state index is 11.6. The highest BCUT2D eigenvalue weighted by Gasteiger charge is 2.32. The first-order valence-corrected chi connectivity index (χ1v) is 5.76. The van der Waals surface area contributed by atoms with E-state index in [9.17, 15) is 9.00 Å². The van der Waals surface area contributed by atoms with E-state index in [0.717, 1.165) is 11.1 Å². The van der Waals surface area contributed by atoms with Crippen molar-refractivity contribution in [3.8, 4) is 0 Å². The summed E-state index contributed by atoms with van der Waals surface area (Å²) in [6, 6.07) is 7.50. The first kappa shape index (κ1) is 8.63. The van der Waals surface area contributed by atoms with Gasteiger partial charge < -0.3 is 0 Å². The van der Waals surface area contributed by atoms with Gasteiger partial charge in [-0.05, 0) is 12.0 Å². The van der Waals surface area contributed by atoms with E-state index < -0.39 is 10.8 Å². The highest BCUT2D eigenvalue weighted by molar-refractivity contribution is 7.85. The molecule has 2 rings (SSSR count). The molecule has 1 aliphatic rings. The molecule has 13 heavy (non-hydrogen) atoms. The normalized spacial score (nSPS) is 22.8. The van der Waals surface area contributed by atoms with E-state index in [4.69, 9.17) is 0 Å². The summed E-state index contributed by atoms with van der Waals surface area (Å²) in [7, 11) is -1.05. The van der Waals surface area contributed by atoms with Crippen molar-refractivity contribution in [2.45, 2.75) is 11.7 Å². The predicted octanol–water partition coefficient (Wildman–Crippen LogP) is 1.17. The highest BCUT2D eigenvalue weighted by atomic mass is 32.2. The largest absolute Gasteiger partial charge is 0.293 e. The fraction of sp³-hybridized carbons (Fsp3) is 0.300. The number of rotatable bonds is 1. The molecule has 0 saturated heterocycles. The van der Waals surface area contributed by atoms with E-state index in [1.54, 1.807) is 6.26 Å².